The van der Waals surface area contributed by atoms with Gasteiger partial charge in [0.15, 0.2) is 6.10 Å². The smallest absolute Gasteiger partial charge is 0.387 e. The van der Waals surface area contributed by atoms with E-state index in [1.807, 2.05) is 0 Å². The predicted octanol–water partition coefficient (Wildman–Crippen LogP) is 4.10. The van der Waals surface area contributed by atoms with Crippen molar-refractivity contribution in [2.45, 2.75) is 24.5 Å². The van der Waals surface area contributed by atoms with Crippen molar-refractivity contribution in [2.24, 2.45) is 0 Å². The maximum atomic E-state index is 12.3. The zero-order valence-electron chi connectivity index (χ0n) is 14.5. The van der Waals surface area contributed by atoms with E-state index in [1.54, 1.807) is 0 Å². The van der Waals surface area contributed by atoms with E-state index >= 15 is 0 Å². The zero-order valence-corrected chi connectivity index (χ0v) is 15.4. The quantitative estimate of drug-likeness (QED) is 0.201. The van der Waals surface area contributed by atoms with Crippen LogP contribution in [-0.2, 0) is 9.53 Å². The summed E-state index contributed by atoms with van der Waals surface area (Å²) in [5, 5.41) is 10.6. The molecule has 0 radical (unpaired) electrons. The fraction of sp³-hybridized carbons (Fsp3) is 0.222. The molecule has 0 aliphatic heterocycles. The normalized spacial score (nSPS) is 11.7. The van der Waals surface area contributed by atoms with Gasteiger partial charge in [0.25, 0.3) is 5.69 Å². The molecule has 2 aromatic rings. The van der Waals surface area contributed by atoms with E-state index in [0.717, 1.165) is 11.8 Å². The van der Waals surface area contributed by atoms with Crippen molar-refractivity contribution in [3.05, 3.63) is 64.2 Å². The van der Waals surface area contributed by atoms with Crippen LogP contribution in [0.25, 0.3) is 0 Å². The van der Waals surface area contributed by atoms with Crippen molar-refractivity contribution >= 4 is 29.2 Å². The van der Waals surface area contributed by atoms with Crippen LogP contribution >= 0.6 is 11.8 Å². The van der Waals surface area contributed by atoms with E-state index in [9.17, 15) is 28.5 Å². The van der Waals surface area contributed by atoms with Crippen LogP contribution in [-0.4, -0.2) is 35.1 Å². The molecule has 0 aromatic heterocycles. The monoisotopic (exact) mass is 411 g/mol. The van der Waals surface area contributed by atoms with Gasteiger partial charge in [-0.2, -0.15) is 8.78 Å². The lowest BCUT2D eigenvalue weighted by molar-refractivity contribution is -0.384. The van der Waals surface area contributed by atoms with E-state index in [0.29, 0.717) is 4.90 Å². The molecule has 148 valence electrons. The first-order valence-electron chi connectivity index (χ1n) is 7.92. The first-order chi connectivity index (χ1) is 13.3. The van der Waals surface area contributed by atoms with Crippen molar-refractivity contribution in [1.82, 2.24) is 0 Å². The highest BCUT2D eigenvalue weighted by molar-refractivity contribution is 8.00. The van der Waals surface area contributed by atoms with E-state index in [1.165, 1.54) is 55.5 Å². The number of esters is 1. The van der Waals surface area contributed by atoms with E-state index in [4.69, 9.17) is 4.74 Å². The summed E-state index contributed by atoms with van der Waals surface area (Å²) in [5.74, 6) is -1.30. The number of hydrogen-bond donors (Lipinski definition) is 0. The minimum atomic E-state index is -2.96. The number of ketones is 1. The summed E-state index contributed by atoms with van der Waals surface area (Å²) in [5.41, 5.74) is 0.126. The summed E-state index contributed by atoms with van der Waals surface area (Å²) in [6.07, 6.45) is -1.06. The van der Waals surface area contributed by atoms with E-state index < -0.39 is 29.4 Å². The Morgan fingerprint density at radius 3 is 2.25 bits per heavy atom. The topological polar surface area (TPSA) is 95.7 Å². The Bertz CT molecular complexity index is 842. The van der Waals surface area contributed by atoms with Gasteiger partial charge in [0.2, 0.25) is 5.78 Å². The molecule has 0 fully saturated rings. The molecule has 0 unspecified atom stereocenters. The second kappa shape index (κ2) is 9.79. The number of alkyl halides is 2. The summed E-state index contributed by atoms with van der Waals surface area (Å²) >= 11 is 1.11. The second-order valence-corrected chi connectivity index (χ2v) is 6.49. The number of nitro benzene ring substituents is 1. The van der Waals surface area contributed by atoms with Gasteiger partial charge in [-0.1, -0.05) is 0 Å². The summed E-state index contributed by atoms with van der Waals surface area (Å²) in [7, 11) is 0. The molecule has 0 bridgehead atoms. The largest absolute Gasteiger partial charge is 0.454 e. The van der Waals surface area contributed by atoms with Gasteiger partial charge in [0.05, 0.1) is 10.7 Å². The maximum absolute atomic E-state index is 12.3. The predicted molar refractivity (Wildman–Crippen MR) is 96.8 cm³/mol. The van der Waals surface area contributed by atoms with Gasteiger partial charge in [-0.3, -0.25) is 19.7 Å². The first kappa shape index (κ1) is 21.3. The number of rotatable bonds is 9. The first-order valence-corrected chi connectivity index (χ1v) is 8.90. The summed E-state index contributed by atoms with van der Waals surface area (Å²) in [6.45, 7) is -1.56. The third kappa shape index (κ3) is 6.31. The average Bonchev–Trinajstić information content (AvgIpc) is 2.66. The van der Waals surface area contributed by atoms with E-state index in [-0.39, 0.29) is 22.8 Å². The third-order valence-electron chi connectivity index (χ3n) is 3.45. The Hall–Kier alpha value is -3.01. The molecule has 0 aliphatic carbocycles. The highest BCUT2D eigenvalue weighted by Gasteiger charge is 2.20. The maximum Gasteiger partial charge on any atom is 0.387 e. The molecule has 0 amide bonds. The van der Waals surface area contributed by atoms with Gasteiger partial charge in [-0.05, 0) is 43.3 Å². The summed E-state index contributed by atoms with van der Waals surface area (Å²) in [4.78, 5) is 34.9. The van der Waals surface area contributed by atoms with Gasteiger partial charge >= 0.3 is 12.6 Å². The number of halogens is 2. The SMILES string of the molecule is C[C@@H](OC(=O)CSc1ccc([N+](=O)[O-])cc1)C(=O)c1ccc(OC(F)F)cc1. The molecule has 0 saturated carbocycles. The van der Waals surface area contributed by atoms with Gasteiger partial charge < -0.3 is 9.47 Å². The lowest BCUT2D eigenvalue weighted by Crippen LogP contribution is -2.25. The van der Waals surface area contributed by atoms with Gasteiger partial charge in [-0.25, -0.2) is 0 Å². The highest BCUT2D eigenvalue weighted by atomic mass is 32.2. The van der Waals surface area contributed by atoms with Crippen molar-refractivity contribution in [2.75, 3.05) is 5.75 Å². The number of nitro groups is 1. The van der Waals surface area contributed by atoms with Crippen LogP contribution in [0.1, 0.15) is 17.3 Å². The third-order valence-corrected chi connectivity index (χ3v) is 4.43. The fourth-order valence-corrected chi connectivity index (χ4v) is 2.81. The molecular formula is C18H15F2NO6S. The molecule has 2 rings (SSSR count). The number of ether oxygens (including phenoxy) is 2. The average molecular weight is 411 g/mol. The van der Waals surface area contributed by atoms with Crippen molar-refractivity contribution in [1.29, 1.82) is 0 Å². The molecule has 10 heteroatoms. The second-order valence-electron chi connectivity index (χ2n) is 5.44. The number of thioether (sulfide) groups is 1. The van der Waals surface area contributed by atoms with Gasteiger partial charge in [0.1, 0.15) is 5.75 Å². The number of Topliss-reactive ketones (excluding diaryl/α,β-unsaturated/α-hetero) is 1. The number of benzene rings is 2. The molecule has 0 N–H and O–H groups in total. The zero-order chi connectivity index (χ0) is 20.7. The van der Waals surface area contributed by atoms with Crippen LogP contribution in [0.5, 0.6) is 5.75 Å². The summed E-state index contributed by atoms with van der Waals surface area (Å²) < 4.78 is 33.5. The molecule has 2 aromatic carbocycles. The highest BCUT2D eigenvalue weighted by Crippen LogP contribution is 2.22. The molecule has 0 spiro atoms. The van der Waals surface area contributed by atoms with Crippen LogP contribution in [0, 0.1) is 10.1 Å². The molecule has 0 heterocycles. The van der Waals surface area contributed by atoms with Crippen LogP contribution in [0.3, 0.4) is 0 Å². The van der Waals surface area contributed by atoms with Crippen LogP contribution < -0.4 is 4.74 Å². The minimum Gasteiger partial charge on any atom is -0.454 e. The number of carbonyl (C=O) groups excluding carboxylic acids is 2. The number of carbonyl (C=O) groups is 2. The van der Waals surface area contributed by atoms with Crippen LogP contribution in [0.15, 0.2) is 53.4 Å². The van der Waals surface area contributed by atoms with Crippen LogP contribution in [0.4, 0.5) is 14.5 Å². The Morgan fingerprint density at radius 2 is 1.71 bits per heavy atom. The Morgan fingerprint density at radius 1 is 1.11 bits per heavy atom. The van der Waals surface area contributed by atoms with Crippen molar-refractivity contribution in [3.8, 4) is 5.75 Å². The lowest BCUT2D eigenvalue weighted by Gasteiger charge is -2.12. The van der Waals surface area contributed by atoms with Crippen molar-refractivity contribution < 1.29 is 32.8 Å². The molecule has 0 saturated heterocycles. The number of nitrogens with zero attached hydrogens (tertiary/aromatic N) is 1. The standard InChI is InChI=1S/C18H15F2NO6S/c1-11(17(23)12-2-6-14(7-3-12)27-18(19)20)26-16(22)10-28-15-8-4-13(5-9-15)21(24)25/h2-9,11,18H,10H2,1H3/t11-/m1/s1. The fourth-order valence-electron chi connectivity index (χ4n) is 2.13. The lowest BCUT2D eigenvalue weighted by atomic mass is 10.1. The Kier molecular flexibility index (Phi) is 7.44. The summed E-state index contributed by atoms with van der Waals surface area (Å²) in [6, 6.07) is 10.7. The number of hydrogen-bond acceptors (Lipinski definition) is 7. The minimum absolute atomic E-state index is 0.0592. The molecule has 0 aliphatic rings. The van der Waals surface area contributed by atoms with E-state index in [2.05, 4.69) is 4.74 Å². The molecule has 7 nitrogen and oxygen atoms in total. The number of non-ortho nitro benzene ring substituents is 1. The molecule has 1 atom stereocenters. The van der Waals surface area contributed by atoms with Gasteiger partial charge in [-0.15, -0.1) is 11.8 Å². The van der Waals surface area contributed by atoms with Crippen molar-refractivity contribution in [3.63, 3.8) is 0 Å². The van der Waals surface area contributed by atoms with Gasteiger partial charge in [0, 0.05) is 22.6 Å². The Balaban J connectivity index is 1.85. The Labute approximate surface area is 162 Å². The molecular weight excluding hydrogens is 396 g/mol. The molecule has 28 heavy (non-hydrogen) atoms. The van der Waals surface area contributed by atoms with Crippen LogP contribution in [0.2, 0.25) is 0 Å².